The number of phosphoric ester groups is 1. The number of unbranched alkanes of at least 4 members (excludes halogenated alkanes) is 2. The lowest BCUT2D eigenvalue weighted by atomic mass is 10.1. The Balaban J connectivity index is 4.50. The third kappa shape index (κ3) is 12.2. The van der Waals surface area contributed by atoms with Gasteiger partial charge in [-0.25, -0.2) is 4.57 Å². The summed E-state index contributed by atoms with van der Waals surface area (Å²) in [6, 6.07) is 0. The normalized spacial score (nSPS) is 18.2. The molecule has 0 saturated heterocycles. The second kappa shape index (κ2) is 9.90. The summed E-state index contributed by atoms with van der Waals surface area (Å²) in [6.45, 7) is 1.71. The molecule has 0 aromatic carbocycles. The van der Waals surface area contributed by atoms with E-state index >= 15 is 0 Å². The van der Waals surface area contributed by atoms with E-state index in [0.29, 0.717) is 17.4 Å². The molecule has 0 saturated carbocycles. The molecule has 0 bridgehead atoms. The maximum atomic E-state index is 11.9. The van der Waals surface area contributed by atoms with Gasteiger partial charge in [0.25, 0.3) is 0 Å². The molecule has 7 nitrogen and oxygen atoms in total. The molecule has 3 N–H and O–H groups in total. The zero-order valence-corrected chi connectivity index (χ0v) is 14.5. The Kier molecular flexibility index (Phi) is 9.89. The lowest BCUT2D eigenvalue weighted by Crippen LogP contribution is -2.42. The van der Waals surface area contributed by atoms with Gasteiger partial charge in [-0.15, -0.1) is 0 Å². The SMILES string of the molecule is CCCCCC(C[N+](C)(C)C)OP(=O)(O)OCC(O)CO. The predicted molar refractivity (Wildman–Crippen MR) is 80.8 cm³/mol. The molecule has 128 valence electrons. The average molecular weight is 328 g/mol. The number of aliphatic hydroxyl groups excluding tert-OH is 2. The zero-order valence-electron chi connectivity index (χ0n) is 13.6. The molecule has 0 spiro atoms. The molecule has 0 aliphatic rings. The first-order chi connectivity index (χ1) is 9.59. The second-order valence-electron chi connectivity index (χ2n) is 6.30. The van der Waals surface area contributed by atoms with Crippen molar-refractivity contribution < 1.29 is 33.2 Å². The van der Waals surface area contributed by atoms with Crippen LogP contribution >= 0.6 is 7.82 Å². The summed E-state index contributed by atoms with van der Waals surface area (Å²) in [7, 11) is 1.71. The molecular formula is C13H31NO6P+. The lowest BCUT2D eigenvalue weighted by molar-refractivity contribution is -0.873. The van der Waals surface area contributed by atoms with Gasteiger partial charge in [0.1, 0.15) is 18.8 Å². The summed E-state index contributed by atoms with van der Waals surface area (Å²) in [4.78, 5) is 9.69. The van der Waals surface area contributed by atoms with Crippen molar-refractivity contribution in [2.75, 3.05) is 40.9 Å². The van der Waals surface area contributed by atoms with Crippen molar-refractivity contribution in [3.05, 3.63) is 0 Å². The average Bonchev–Trinajstić information content (AvgIpc) is 2.33. The first-order valence-corrected chi connectivity index (χ1v) is 8.84. The predicted octanol–water partition coefficient (Wildman–Crippen LogP) is 1.13. The number of hydrogen-bond donors (Lipinski definition) is 3. The fourth-order valence-corrected chi connectivity index (χ4v) is 2.83. The molecule has 0 amide bonds. The Labute approximate surface area is 127 Å². The van der Waals surface area contributed by atoms with Gasteiger partial charge < -0.3 is 19.6 Å². The van der Waals surface area contributed by atoms with Gasteiger partial charge in [0.15, 0.2) is 0 Å². The van der Waals surface area contributed by atoms with Crippen LogP contribution < -0.4 is 0 Å². The minimum Gasteiger partial charge on any atom is -0.394 e. The monoisotopic (exact) mass is 328 g/mol. The molecule has 0 heterocycles. The highest BCUT2D eigenvalue weighted by Gasteiger charge is 2.30. The molecular weight excluding hydrogens is 297 g/mol. The molecule has 21 heavy (non-hydrogen) atoms. The highest BCUT2D eigenvalue weighted by Crippen LogP contribution is 2.45. The highest BCUT2D eigenvalue weighted by molar-refractivity contribution is 7.47. The van der Waals surface area contributed by atoms with Crippen LogP contribution in [-0.2, 0) is 13.6 Å². The van der Waals surface area contributed by atoms with Gasteiger partial charge in [0.2, 0.25) is 0 Å². The number of aliphatic hydroxyl groups is 2. The largest absolute Gasteiger partial charge is 0.472 e. The van der Waals surface area contributed by atoms with Crippen molar-refractivity contribution in [2.24, 2.45) is 0 Å². The molecule has 3 atom stereocenters. The molecule has 0 rings (SSSR count). The summed E-state index contributed by atoms with van der Waals surface area (Å²) in [5.74, 6) is 0. The summed E-state index contributed by atoms with van der Waals surface area (Å²) in [6.07, 6.45) is 2.12. The molecule has 0 aromatic rings. The van der Waals surface area contributed by atoms with Crippen LogP contribution in [0, 0.1) is 0 Å². The number of likely N-dealkylation sites (N-methyl/N-ethyl adjacent to an activating group) is 1. The van der Waals surface area contributed by atoms with Crippen molar-refractivity contribution in [2.45, 2.75) is 44.8 Å². The Morgan fingerprint density at radius 3 is 2.33 bits per heavy atom. The molecule has 0 aliphatic heterocycles. The quantitative estimate of drug-likeness (QED) is 0.282. The Morgan fingerprint density at radius 2 is 1.86 bits per heavy atom. The van der Waals surface area contributed by atoms with E-state index in [0.717, 1.165) is 19.3 Å². The summed E-state index contributed by atoms with van der Waals surface area (Å²) in [5.41, 5.74) is 0. The van der Waals surface area contributed by atoms with Crippen LogP contribution in [0.3, 0.4) is 0 Å². The molecule has 0 radical (unpaired) electrons. The zero-order chi connectivity index (χ0) is 16.5. The van der Waals surface area contributed by atoms with Crippen LogP contribution in [-0.4, -0.2) is 72.7 Å². The Hall–Kier alpha value is -0.0100. The molecule has 0 fully saturated rings. The number of rotatable bonds is 12. The molecule has 3 unspecified atom stereocenters. The van der Waals surface area contributed by atoms with Gasteiger partial charge in [0, 0.05) is 0 Å². The third-order valence-corrected chi connectivity index (χ3v) is 3.84. The van der Waals surface area contributed by atoms with E-state index in [1.807, 2.05) is 21.1 Å². The summed E-state index contributed by atoms with van der Waals surface area (Å²) in [5, 5.41) is 17.8. The molecule has 0 aliphatic carbocycles. The summed E-state index contributed by atoms with van der Waals surface area (Å²) < 4.78 is 22.4. The molecule has 8 heteroatoms. The Morgan fingerprint density at radius 1 is 1.24 bits per heavy atom. The van der Waals surface area contributed by atoms with Crippen LogP contribution in [0.15, 0.2) is 0 Å². The molecule has 0 aromatic heterocycles. The highest BCUT2D eigenvalue weighted by atomic mass is 31.2. The van der Waals surface area contributed by atoms with E-state index < -0.39 is 33.2 Å². The maximum absolute atomic E-state index is 11.9. The van der Waals surface area contributed by atoms with Crippen molar-refractivity contribution in [1.82, 2.24) is 0 Å². The van der Waals surface area contributed by atoms with Crippen LogP contribution in [0.4, 0.5) is 0 Å². The van der Waals surface area contributed by atoms with Crippen LogP contribution in [0.1, 0.15) is 32.6 Å². The minimum atomic E-state index is -4.23. The number of phosphoric acid groups is 1. The van der Waals surface area contributed by atoms with Crippen LogP contribution in [0.2, 0.25) is 0 Å². The van der Waals surface area contributed by atoms with Crippen LogP contribution in [0.5, 0.6) is 0 Å². The van der Waals surface area contributed by atoms with Gasteiger partial charge in [-0.1, -0.05) is 26.2 Å². The van der Waals surface area contributed by atoms with Crippen LogP contribution in [0.25, 0.3) is 0 Å². The van der Waals surface area contributed by atoms with E-state index in [1.54, 1.807) is 0 Å². The number of hydrogen-bond acceptors (Lipinski definition) is 5. The third-order valence-electron chi connectivity index (χ3n) is 2.80. The van der Waals surface area contributed by atoms with E-state index in [2.05, 4.69) is 6.92 Å². The van der Waals surface area contributed by atoms with Gasteiger partial charge in [-0.2, -0.15) is 0 Å². The summed E-state index contributed by atoms with van der Waals surface area (Å²) >= 11 is 0. The number of nitrogens with zero attached hydrogens (tertiary/aromatic N) is 1. The number of quaternary nitrogens is 1. The van der Waals surface area contributed by atoms with Gasteiger partial charge in [-0.3, -0.25) is 9.05 Å². The smallest absolute Gasteiger partial charge is 0.394 e. The maximum Gasteiger partial charge on any atom is 0.472 e. The van der Waals surface area contributed by atoms with Gasteiger partial charge >= 0.3 is 7.82 Å². The van der Waals surface area contributed by atoms with Crippen molar-refractivity contribution in [1.29, 1.82) is 0 Å². The van der Waals surface area contributed by atoms with E-state index in [9.17, 15) is 9.46 Å². The standard InChI is InChI=1S/C13H30NO6P/c1-5-6-7-8-13(9-14(2,3)4)20-21(17,18)19-11-12(16)10-15/h12-13,15-16H,5-11H2,1-4H3/p+1. The Bertz CT molecular complexity index is 320. The van der Waals surface area contributed by atoms with E-state index in [-0.39, 0.29) is 0 Å². The fraction of sp³-hybridized carbons (Fsp3) is 1.00. The fourth-order valence-electron chi connectivity index (χ4n) is 1.86. The van der Waals surface area contributed by atoms with E-state index in [4.69, 9.17) is 19.3 Å². The van der Waals surface area contributed by atoms with E-state index in [1.165, 1.54) is 0 Å². The second-order valence-corrected chi connectivity index (χ2v) is 7.70. The van der Waals surface area contributed by atoms with Crippen molar-refractivity contribution in [3.63, 3.8) is 0 Å². The van der Waals surface area contributed by atoms with Gasteiger partial charge in [-0.05, 0) is 6.42 Å². The lowest BCUT2D eigenvalue weighted by Gasteiger charge is -2.30. The van der Waals surface area contributed by atoms with Crippen molar-refractivity contribution >= 4 is 7.82 Å². The van der Waals surface area contributed by atoms with Crippen molar-refractivity contribution in [3.8, 4) is 0 Å². The minimum absolute atomic E-state index is 0.390. The first-order valence-electron chi connectivity index (χ1n) is 7.34. The van der Waals surface area contributed by atoms with Gasteiger partial charge in [0.05, 0.1) is 34.4 Å². The first kappa shape index (κ1) is 21.0. The topological polar surface area (TPSA) is 96.2 Å².